The maximum atomic E-state index is 10.0. The second-order valence-corrected chi connectivity index (χ2v) is 6.38. The summed E-state index contributed by atoms with van der Waals surface area (Å²) in [4.78, 5) is 5.17. The van der Waals surface area contributed by atoms with Gasteiger partial charge < -0.3 is 10.0 Å². The Morgan fingerprint density at radius 2 is 2.00 bits per heavy atom. The highest BCUT2D eigenvalue weighted by atomic mass is 16.3. The molecular weight excluding hydrogens is 248 g/mol. The highest BCUT2D eigenvalue weighted by Gasteiger charge is 2.33. The zero-order valence-corrected chi connectivity index (χ0v) is 12.6. The second-order valence-electron chi connectivity index (χ2n) is 6.38. The number of aliphatic hydroxyl groups is 1. The van der Waals surface area contributed by atoms with Gasteiger partial charge in [0, 0.05) is 36.4 Å². The first-order valence-electron chi connectivity index (χ1n) is 7.94. The molecule has 1 aromatic rings. The van der Waals surface area contributed by atoms with Crippen molar-refractivity contribution in [2.75, 3.05) is 24.5 Å². The number of piperidine rings is 1. The number of piperazine rings is 1. The predicted octanol–water partition coefficient (Wildman–Crippen LogP) is 2.80. The van der Waals surface area contributed by atoms with Gasteiger partial charge in [-0.15, -0.1) is 0 Å². The van der Waals surface area contributed by atoms with Crippen LogP contribution >= 0.6 is 0 Å². The Morgan fingerprint density at radius 1 is 1.20 bits per heavy atom. The summed E-state index contributed by atoms with van der Waals surface area (Å²) in [5, 5.41) is 10.0. The van der Waals surface area contributed by atoms with Gasteiger partial charge in [-0.05, 0) is 39.3 Å². The van der Waals surface area contributed by atoms with Crippen LogP contribution in [0.3, 0.4) is 0 Å². The van der Waals surface area contributed by atoms with Crippen LogP contribution in [0, 0.1) is 0 Å². The van der Waals surface area contributed by atoms with E-state index in [4.69, 9.17) is 0 Å². The molecule has 0 radical (unpaired) electrons. The quantitative estimate of drug-likeness (QED) is 0.898. The van der Waals surface area contributed by atoms with Crippen LogP contribution in [-0.2, 0) is 0 Å². The summed E-state index contributed by atoms with van der Waals surface area (Å²) in [7, 11) is 0. The molecule has 2 aliphatic rings. The predicted molar refractivity (Wildman–Crippen MR) is 83.1 cm³/mol. The van der Waals surface area contributed by atoms with Crippen LogP contribution < -0.4 is 4.90 Å². The maximum Gasteiger partial charge on any atom is 0.0781 e. The third-order valence-corrected chi connectivity index (χ3v) is 4.88. The lowest BCUT2D eigenvalue weighted by Crippen LogP contribution is -2.59. The number of para-hydroxylation sites is 1. The minimum absolute atomic E-state index is 0.400. The lowest BCUT2D eigenvalue weighted by atomic mass is 9.95. The van der Waals surface area contributed by atoms with Crippen molar-refractivity contribution in [3.05, 3.63) is 29.8 Å². The van der Waals surface area contributed by atoms with Gasteiger partial charge in [-0.2, -0.15) is 0 Å². The van der Waals surface area contributed by atoms with Gasteiger partial charge in [0.05, 0.1) is 6.10 Å². The monoisotopic (exact) mass is 274 g/mol. The van der Waals surface area contributed by atoms with E-state index in [1.54, 1.807) is 0 Å². The number of aliphatic hydroxyl groups excluding tert-OH is 1. The van der Waals surface area contributed by atoms with Crippen LogP contribution in [0.25, 0.3) is 0 Å². The molecule has 3 rings (SSSR count). The summed E-state index contributed by atoms with van der Waals surface area (Å²) in [5.74, 6) is 0. The molecule has 20 heavy (non-hydrogen) atoms. The van der Waals surface area contributed by atoms with Crippen molar-refractivity contribution in [1.82, 2.24) is 4.90 Å². The number of rotatable bonds is 2. The molecule has 0 aromatic heterocycles. The molecule has 1 aromatic carbocycles. The van der Waals surface area contributed by atoms with E-state index in [2.05, 4.69) is 34.9 Å². The average molecular weight is 274 g/mol. The molecule has 0 amide bonds. The number of anilines is 1. The van der Waals surface area contributed by atoms with E-state index in [0.29, 0.717) is 12.1 Å². The SMILES string of the molecule is CC1CN2CCCCC2CN1c1ccccc1[C@H](C)O. The summed E-state index contributed by atoms with van der Waals surface area (Å²) in [6, 6.07) is 9.54. The Hall–Kier alpha value is -1.06. The minimum atomic E-state index is -0.400. The molecule has 3 nitrogen and oxygen atoms in total. The third kappa shape index (κ3) is 2.57. The smallest absolute Gasteiger partial charge is 0.0781 e. The van der Waals surface area contributed by atoms with Crippen LogP contribution in [0.4, 0.5) is 5.69 Å². The summed E-state index contributed by atoms with van der Waals surface area (Å²) < 4.78 is 0. The zero-order valence-electron chi connectivity index (χ0n) is 12.6. The fraction of sp³-hybridized carbons (Fsp3) is 0.647. The van der Waals surface area contributed by atoms with Crippen molar-refractivity contribution in [3.8, 4) is 0 Å². The fourth-order valence-corrected chi connectivity index (χ4v) is 3.79. The Kier molecular flexibility index (Phi) is 3.99. The first-order valence-corrected chi connectivity index (χ1v) is 7.94. The summed E-state index contributed by atoms with van der Waals surface area (Å²) in [6.07, 6.45) is 3.64. The number of fused-ring (bicyclic) bond motifs is 1. The molecule has 3 atom stereocenters. The average Bonchev–Trinajstić information content (AvgIpc) is 2.46. The molecule has 0 spiro atoms. The number of benzene rings is 1. The molecule has 1 N–H and O–H groups in total. The topological polar surface area (TPSA) is 26.7 Å². The zero-order chi connectivity index (χ0) is 14.1. The summed E-state index contributed by atoms with van der Waals surface area (Å²) in [6.45, 7) is 7.69. The van der Waals surface area contributed by atoms with Gasteiger partial charge in [0.15, 0.2) is 0 Å². The highest BCUT2D eigenvalue weighted by molar-refractivity contribution is 5.56. The molecule has 2 unspecified atom stereocenters. The van der Waals surface area contributed by atoms with Gasteiger partial charge in [0.25, 0.3) is 0 Å². The molecule has 2 fully saturated rings. The van der Waals surface area contributed by atoms with Crippen LogP contribution in [-0.4, -0.2) is 41.7 Å². The van der Waals surface area contributed by atoms with E-state index in [-0.39, 0.29) is 0 Å². The molecule has 0 bridgehead atoms. The molecule has 2 heterocycles. The first-order chi connectivity index (χ1) is 9.66. The second kappa shape index (κ2) is 5.74. The Labute approximate surface area is 122 Å². The molecule has 2 aliphatic heterocycles. The minimum Gasteiger partial charge on any atom is -0.389 e. The number of hydrogen-bond acceptors (Lipinski definition) is 3. The maximum absolute atomic E-state index is 10.0. The van der Waals surface area contributed by atoms with Crippen LogP contribution in [0.1, 0.15) is 44.8 Å². The fourth-order valence-electron chi connectivity index (χ4n) is 3.79. The van der Waals surface area contributed by atoms with Crippen LogP contribution in [0.2, 0.25) is 0 Å². The molecule has 2 saturated heterocycles. The molecule has 3 heteroatoms. The van der Waals surface area contributed by atoms with Gasteiger partial charge in [-0.1, -0.05) is 24.6 Å². The van der Waals surface area contributed by atoms with Gasteiger partial charge in [-0.25, -0.2) is 0 Å². The Bertz CT molecular complexity index is 460. The van der Waals surface area contributed by atoms with Crippen molar-refractivity contribution >= 4 is 5.69 Å². The summed E-state index contributed by atoms with van der Waals surface area (Å²) >= 11 is 0. The standard InChI is InChI=1S/C17H26N2O/c1-13-11-18-10-6-5-7-15(18)12-19(13)17-9-4-3-8-16(17)14(2)20/h3-4,8-9,13-15,20H,5-7,10-12H2,1-2H3/t13?,14-,15?/m0/s1. The van der Waals surface area contributed by atoms with Crippen LogP contribution in [0.5, 0.6) is 0 Å². The lowest BCUT2D eigenvalue weighted by molar-refractivity contribution is 0.115. The molecular formula is C17H26N2O. The van der Waals surface area contributed by atoms with E-state index in [9.17, 15) is 5.11 Å². The van der Waals surface area contributed by atoms with Gasteiger partial charge in [0.2, 0.25) is 0 Å². The number of hydrogen-bond donors (Lipinski definition) is 1. The Morgan fingerprint density at radius 3 is 2.80 bits per heavy atom. The van der Waals surface area contributed by atoms with E-state index < -0.39 is 6.10 Å². The van der Waals surface area contributed by atoms with Crippen molar-refractivity contribution in [2.24, 2.45) is 0 Å². The van der Waals surface area contributed by atoms with Crippen LogP contribution in [0.15, 0.2) is 24.3 Å². The molecule has 110 valence electrons. The Balaban J connectivity index is 1.86. The van der Waals surface area contributed by atoms with Gasteiger partial charge in [-0.3, -0.25) is 4.90 Å². The first kappa shape index (κ1) is 13.9. The largest absolute Gasteiger partial charge is 0.389 e. The molecule has 0 aliphatic carbocycles. The van der Waals surface area contributed by atoms with Crippen molar-refractivity contribution in [2.45, 2.75) is 51.3 Å². The molecule has 0 saturated carbocycles. The van der Waals surface area contributed by atoms with E-state index >= 15 is 0 Å². The normalized spacial score (nSPS) is 29.1. The van der Waals surface area contributed by atoms with E-state index in [0.717, 1.165) is 18.7 Å². The van der Waals surface area contributed by atoms with Crippen molar-refractivity contribution in [1.29, 1.82) is 0 Å². The van der Waals surface area contributed by atoms with Crippen molar-refractivity contribution < 1.29 is 5.11 Å². The summed E-state index contributed by atoms with van der Waals surface area (Å²) in [5.41, 5.74) is 2.28. The number of nitrogens with zero attached hydrogens (tertiary/aromatic N) is 2. The third-order valence-electron chi connectivity index (χ3n) is 4.88. The van der Waals surface area contributed by atoms with Gasteiger partial charge >= 0.3 is 0 Å². The lowest BCUT2D eigenvalue weighted by Gasteiger charge is -2.49. The van der Waals surface area contributed by atoms with Crippen molar-refractivity contribution in [3.63, 3.8) is 0 Å². The highest BCUT2D eigenvalue weighted by Crippen LogP contribution is 2.32. The van der Waals surface area contributed by atoms with E-state index in [1.807, 2.05) is 13.0 Å². The van der Waals surface area contributed by atoms with E-state index in [1.165, 1.54) is 31.5 Å². The van der Waals surface area contributed by atoms with Gasteiger partial charge in [0.1, 0.15) is 0 Å².